The average molecular weight is 98.2 g/mol. The predicted molar refractivity (Wildman–Crippen MR) is 23.5 cm³/mol. The van der Waals surface area contributed by atoms with Crippen LogP contribution < -0.4 is 0 Å². The van der Waals surface area contributed by atoms with Crippen LogP contribution in [-0.2, 0) is 4.12 Å². The SMILES string of the molecule is F.[SiH3]O[SiH3]. The van der Waals surface area contributed by atoms with Crippen LogP contribution in [0.3, 0.4) is 0 Å². The summed E-state index contributed by atoms with van der Waals surface area (Å²) in [5, 5.41) is 0. The molecule has 0 aromatic rings. The van der Waals surface area contributed by atoms with Crippen molar-refractivity contribution in [2.45, 2.75) is 0 Å². The quantitative estimate of drug-likeness (QED) is 0.310. The molecule has 0 saturated heterocycles. The Balaban J connectivity index is 0. The van der Waals surface area contributed by atoms with Gasteiger partial charge in [-0.2, -0.15) is 0 Å². The molecular formula is H7FOSi2. The average Bonchev–Trinajstić information content (AvgIpc) is 0.918. The van der Waals surface area contributed by atoms with Crippen LogP contribution >= 0.6 is 0 Å². The van der Waals surface area contributed by atoms with E-state index in [9.17, 15) is 0 Å². The van der Waals surface area contributed by atoms with Crippen molar-refractivity contribution in [1.29, 1.82) is 0 Å². The fourth-order valence-electron chi connectivity index (χ4n) is 0. The van der Waals surface area contributed by atoms with Crippen LogP contribution in [-0.4, -0.2) is 21.0 Å². The van der Waals surface area contributed by atoms with Crippen molar-refractivity contribution in [3.63, 3.8) is 0 Å². The molecule has 0 amide bonds. The molecule has 0 bridgehead atoms. The topological polar surface area (TPSA) is 9.23 Å². The van der Waals surface area contributed by atoms with E-state index in [0.29, 0.717) is 0 Å². The summed E-state index contributed by atoms with van der Waals surface area (Å²) < 4.78 is 4.53. The molecule has 0 aliphatic rings. The Labute approximate surface area is 30.8 Å². The predicted octanol–water partition coefficient (Wildman–Crippen LogP) is -2.28. The lowest BCUT2D eigenvalue weighted by molar-refractivity contribution is 0.690. The first-order valence-electron chi connectivity index (χ1n) is 0.816. The molecule has 0 aromatic heterocycles. The van der Waals surface area contributed by atoms with E-state index in [1.807, 2.05) is 0 Å². The third kappa shape index (κ3) is 38.8. The normalized spacial score (nSPS) is 6.00. The first-order chi connectivity index (χ1) is 1.41. The summed E-state index contributed by atoms with van der Waals surface area (Å²) in [5.74, 6) is 0. The Morgan fingerprint density at radius 1 is 1.25 bits per heavy atom. The zero-order valence-electron chi connectivity index (χ0n) is 2.82. The van der Waals surface area contributed by atoms with Gasteiger partial charge in [0.05, 0.1) is 0 Å². The number of halogens is 1. The molecule has 1 nitrogen and oxygen atoms in total. The highest BCUT2D eigenvalue weighted by molar-refractivity contribution is 6.15. The maximum Gasteiger partial charge on any atom is 0.129 e. The molecule has 4 heavy (non-hydrogen) atoms. The maximum atomic E-state index is 4.53. The summed E-state index contributed by atoms with van der Waals surface area (Å²) >= 11 is 0. The van der Waals surface area contributed by atoms with Crippen LogP contribution in [0.4, 0.5) is 4.70 Å². The van der Waals surface area contributed by atoms with Gasteiger partial charge in [0.2, 0.25) is 0 Å². The monoisotopic (exact) mass is 98.0 g/mol. The van der Waals surface area contributed by atoms with Crippen molar-refractivity contribution in [1.82, 2.24) is 0 Å². The number of hydrogen-bond donors (Lipinski definition) is 0. The van der Waals surface area contributed by atoms with Crippen molar-refractivity contribution in [2.75, 3.05) is 0 Å². The second-order valence-corrected chi connectivity index (χ2v) is 3.67. The van der Waals surface area contributed by atoms with Gasteiger partial charge in [-0.15, -0.1) is 0 Å². The van der Waals surface area contributed by atoms with Crippen molar-refractivity contribution < 1.29 is 8.82 Å². The lowest BCUT2D eigenvalue weighted by Gasteiger charge is -1.62. The van der Waals surface area contributed by atoms with E-state index >= 15 is 0 Å². The number of rotatable bonds is 0. The molecule has 0 unspecified atom stereocenters. The standard InChI is InChI=1S/FH.H6OSi2/c;2-1-3/h1H;2-3H3. The highest BCUT2D eigenvalue weighted by Crippen LogP contribution is 1.20. The third-order valence-corrected chi connectivity index (χ3v) is 0. The summed E-state index contributed by atoms with van der Waals surface area (Å²) in [5.41, 5.74) is 0. The molecule has 0 atom stereocenters. The lowest BCUT2D eigenvalue weighted by Crippen LogP contribution is -1.65. The first-order valence-corrected chi connectivity index (χ1v) is 2.45. The molecule has 0 rings (SSSR count). The summed E-state index contributed by atoms with van der Waals surface area (Å²) in [6.45, 7) is 0. The van der Waals surface area contributed by atoms with Gasteiger partial charge in [0.25, 0.3) is 0 Å². The Morgan fingerprint density at radius 2 is 1.25 bits per heavy atom. The van der Waals surface area contributed by atoms with Gasteiger partial charge in [-0.3, -0.25) is 4.70 Å². The minimum Gasteiger partial charge on any atom is -0.471 e. The van der Waals surface area contributed by atoms with Crippen molar-refractivity contribution >= 4 is 21.0 Å². The molecule has 0 aliphatic carbocycles. The maximum absolute atomic E-state index is 4.53. The van der Waals surface area contributed by atoms with Crippen LogP contribution in [0.1, 0.15) is 0 Å². The molecule has 0 N–H and O–H groups in total. The molecular weight excluding hydrogens is 91.2 g/mol. The highest BCUT2D eigenvalue weighted by atomic mass is 28.3. The Bertz CT molecular complexity index is 6.00. The van der Waals surface area contributed by atoms with E-state index in [-0.39, 0.29) is 4.70 Å². The summed E-state index contributed by atoms with van der Waals surface area (Å²) in [7, 11) is 1.86. The van der Waals surface area contributed by atoms with Gasteiger partial charge in [0.1, 0.15) is 21.0 Å². The van der Waals surface area contributed by atoms with Crippen LogP contribution in [0, 0.1) is 0 Å². The molecule has 4 heteroatoms. The first kappa shape index (κ1) is 8.85. The molecule has 0 aromatic carbocycles. The van der Waals surface area contributed by atoms with Gasteiger partial charge in [-0.1, -0.05) is 0 Å². The van der Waals surface area contributed by atoms with Gasteiger partial charge in [0.15, 0.2) is 0 Å². The largest absolute Gasteiger partial charge is 0.471 e. The Hall–Kier alpha value is 0.324. The zero-order chi connectivity index (χ0) is 2.71. The van der Waals surface area contributed by atoms with E-state index in [1.54, 1.807) is 0 Å². The van der Waals surface area contributed by atoms with Crippen LogP contribution in [0.5, 0.6) is 0 Å². The van der Waals surface area contributed by atoms with E-state index in [2.05, 4.69) is 4.12 Å². The lowest BCUT2D eigenvalue weighted by atomic mass is 15.8. The minimum atomic E-state index is 0. The van der Waals surface area contributed by atoms with Crippen LogP contribution in [0.2, 0.25) is 0 Å². The van der Waals surface area contributed by atoms with Gasteiger partial charge < -0.3 is 4.12 Å². The molecule has 0 spiro atoms. The Kier molecular flexibility index (Phi) is 22.7. The van der Waals surface area contributed by atoms with Gasteiger partial charge >= 0.3 is 0 Å². The molecule has 0 aliphatic heterocycles. The Morgan fingerprint density at radius 3 is 1.25 bits per heavy atom. The number of hydrogen-bond acceptors (Lipinski definition) is 1. The van der Waals surface area contributed by atoms with Crippen LogP contribution in [0.25, 0.3) is 0 Å². The second kappa shape index (κ2) is 10.2. The fraction of sp³-hybridized carbons (Fsp3) is 0. The molecule has 0 saturated carbocycles. The third-order valence-electron chi connectivity index (χ3n) is 0. The second-order valence-electron chi connectivity index (χ2n) is 0.408. The highest BCUT2D eigenvalue weighted by Gasteiger charge is 1.28. The van der Waals surface area contributed by atoms with E-state index in [1.165, 1.54) is 0 Å². The molecule has 0 heterocycles. The zero-order valence-corrected chi connectivity index (χ0v) is 6.82. The molecule has 0 radical (unpaired) electrons. The van der Waals surface area contributed by atoms with Gasteiger partial charge in [-0.05, 0) is 0 Å². The van der Waals surface area contributed by atoms with Gasteiger partial charge in [-0.25, -0.2) is 0 Å². The molecule has 0 fully saturated rings. The van der Waals surface area contributed by atoms with Crippen molar-refractivity contribution in [2.24, 2.45) is 0 Å². The van der Waals surface area contributed by atoms with E-state index in [4.69, 9.17) is 0 Å². The summed E-state index contributed by atoms with van der Waals surface area (Å²) in [6, 6.07) is 0. The summed E-state index contributed by atoms with van der Waals surface area (Å²) in [4.78, 5) is 0. The fourth-order valence-corrected chi connectivity index (χ4v) is 0. The van der Waals surface area contributed by atoms with Gasteiger partial charge in [0, 0.05) is 0 Å². The smallest absolute Gasteiger partial charge is 0.129 e. The van der Waals surface area contributed by atoms with Crippen molar-refractivity contribution in [3.05, 3.63) is 0 Å². The van der Waals surface area contributed by atoms with E-state index in [0.717, 1.165) is 21.0 Å². The van der Waals surface area contributed by atoms with E-state index < -0.39 is 0 Å². The van der Waals surface area contributed by atoms with Crippen LogP contribution in [0.15, 0.2) is 0 Å². The van der Waals surface area contributed by atoms with Crippen molar-refractivity contribution in [3.8, 4) is 0 Å². The molecule has 28 valence electrons. The summed E-state index contributed by atoms with van der Waals surface area (Å²) in [6.07, 6.45) is 0. The minimum absolute atomic E-state index is 0.